The van der Waals surface area contributed by atoms with Gasteiger partial charge in [-0.15, -0.1) is 0 Å². The van der Waals surface area contributed by atoms with Gasteiger partial charge in [0.15, 0.2) is 11.5 Å². The average Bonchev–Trinajstić information content (AvgIpc) is 2.89. The number of nitrogen functional groups attached to an aromatic ring is 1. The highest BCUT2D eigenvalue weighted by molar-refractivity contribution is 9.10. The summed E-state index contributed by atoms with van der Waals surface area (Å²) in [5.74, 6) is 1.28. The Balaban J connectivity index is 1.75. The first-order valence-corrected chi connectivity index (χ1v) is 6.68. The molecule has 0 saturated carbocycles. The molecule has 0 spiro atoms. The minimum absolute atomic E-state index is 0.227. The van der Waals surface area contributed by atoms with E-state index in [0.717, 1.165) is 5.56 Å². The first-order chi connectivity index (χ1) is 9.63. The molecule has 1 heterocycles. The summed E-state index contributed by atoms with van der Waals surface area (Å²) in [6, 6.07) is 8.23. The molecule has 20 heavy (non-hydrogen) atoms. The van der Waals surface area contributed by atoms with Crippen LogP contribution in [0.25, 0.3) is 0 Å². The van der Waals surface area contributed by atoms with E-state index in [1.54, 1.807) is 0 Å². The molecular formula is C14H11BrFNO3. The van der Waals surface area contributed by atoms with E-state index >= 15 is 0 Å². The molecule has 0 saturated heterocycles. The van der Waals surface area contributed by atoms with Crippen molar-refractivity contribution in [1.29, 1.82) is 0 Å². The monoisotopic (exact) mass is 339 g/mol. The SMILES string of the molecule is Nc1cc(Br)c(F)cc1OCc1ccc2c(c1)OCO2. The van der Waals surface area contributed by atoms with E-state index in [9.17, 15) is 4.39 Å². The number of hydrogen-bond acceptors (Lipinski definition) is 4. The van der Waals surface area contributed by atoms with Crippen LogP contribution in [0.3, 0.4) is 0 Å². The van der Waals surface area contributed by atoms with Crippen LogP contribution in [0.1, 0.15) is 5.56 Å². The van der Waals surface area contributed by atoms with E-state index in [1.165, 1.54) is 12.1 Å². The van der Waals surface area contributed by atoms with Gasteiger partial charge in [-0.25, -0.2) is 4.39 Å². The van der Waals surface area contributed by atoms with Crippen LogP contribution in [0, 0.1) is 5.82 Å². The fourth-order valence-corrected chi connectivity index (χ4v) is 2.22. The molecule has 1 aliphatic rings. The Labute approximate surface area is 123 Å². The molecule has 0 aromatic heterocycles. The van der Waals surface area contributed by atoms with Gasteiger partial charge in [-0.1, -0.05) is 6.07 Å². The van der Waals surface area contributed by atoms with Crippen LogP contribution in [0.15, 0.2) is 34.8 Å². The lowest BCUT2D eigenvalue weighted by Crippen LogP contribution is -2.00. The molecule has 2 aromatic carbocycles. The fraction of sp³-hybridized carbons (Fsp3) is 0.143. The maximum absolute atomic E-state index is 13.4. The third-order valence-corrected chi connectivity index (χ3v) is 3.49. The topological polar surface area (TPSA) is 53.7 Å². The van der Waals surface area contributed by atoms with Crippen LogP contribution < -0.4 is 19.9 Å². The van der Waals surface area contributed by atoms with Crippen molar-refractivity contribution in [2.45, 2.75) is 6.61 Å². The number of halogens is 2. The third kappa shape index (κ3) is 2.51. The Hall–Kier alpha value is -1.95. The second-order valence-corrected chi connectivity index (χ2v) is 5.13. The van der Waals surface area contributed by atoms with Crippen molar-refractivity contribution in [3.63, 3.8) is 0 Å². The highest BCUT2D eigenvalue weighted by atomic mass is 79.9. The first-order valence-electron chi connectivity index (χ1n) is 5.89. The molecule has 0 atom stereocenters. The minimum Gasteiger partial charge on any atom is -0.487 e. The molecule has 3 rings (SSSR count). The molecule has 0 unspecified atom stereocenters. The van der Waals surface area contributed by atoms with Crippen molar-refractivity contribution in [2.75, 3.05) is 12.5 Å². The van der Waals surface area contributed by atoms with Crippen molar-refractivity contribution in [3.05, 3.63) is 46.2 Å². The van der Waals surface area contributed by atoms with Gasteiger partial charge in [-0.05, 0) is 39.7 Å². The summed E-state index contributed by atoms with van der Waals surface area (Å²) in [5, 5.41) is 0. The molecule has 104 valence electrons. The second kappa shape index (κ2) is 5.20. The highest BCUT2D eigenvalue weighted by Crippen LogP contribution is 2.33. The molecule has 0 bridgehead atoms. The summed E-state index contributed by atoms with van der Waals surface area (Å²) >= 11 is 3.07. The Morgan fingerprint density at radius 1 is 1.20 bits per heavy atom. The van der Waals surface area contributed by atoms with Crippen molar-refractivity contribution >= 4 is 21.6 Å². The number of hydrogen-bond donors (Lipinski definition) is 1. The van der Waals surface area contributed by atoms with Crippen LogP contribution in [0.5, 0.6) is 17.2 Å². The molecule has 0 aliphatic carbocycles. The van der Waals surface area contributed by atoms with E-state index in [-0.39, 0.29) is 13.4 Å². The quantitative estimate of drug-likeness (QED) is 0.870. The number of benzene rings is 2. The predicted molar refractivity (Wildman–Crippen MR) is 75.4 cm³/mol. The maximum atomic E-state index is 13.4. The largest absolute Gasteiger partial charge is 0.487 e. The summed E-state index contributed by atoms with van der Waals surface area (Å²) in [5.41, 5.74) is 7.04. The summed E-state index contributed by atoms with van der Waals surface area (Å²) < 4.78 is 29.8. The number of anilines is 1. The van der Waals surface area contributed by atoms with Gasteiger partial charge in [0.1, 0.15) is 18.2 Å². The Morgan fingerprint density at radius 2 is 2.00 bits per heavy atom. The standard InChI is InChI=1S/C14H11BrFNO3/c15-9-4-11(17)13(5-10(9)16)18-6-8-1-2-12-14(3-8)20-7-19-12/h1-5H,6-7,17H2. The lowest BCUT2D eigenvalue weighted by atomic mass is 10.2. The lowest BCUT2D eigenvalue weighted by Gasteiger charge is -2.10. The summed E-state index contributed by atoms with van der Waals surface area (Å²) in [6.07, 6.45) is 0. The normalized spacial score (nSPS) is 12.5. The van der Waals surface area contributed by atoms with E-state index in [1.807, 2.05) is 18.2 Å². The van der Waals surface area contributed by atoms with E-state index in [2.05, 4.69) is 15.9 Å². The van der Waals surface area contributed by atoms with Crippen LogP contribution in [0.2, 0.25) is 0 Å². The molecule has 2 N–H and O–H groups in total. The van der Waals surface area contributed by atoms with Crippen LogP contribution in [-0.4, -0.2) is 6.79 Å². The van der Waals surface area contributed by atoms with Crippen molar-refractivity contribution in [2.24, 2.45) is 0 Å². The zero-order chi connectivity index (χ0) is 14.1. The minimum atomic E-state index is -0.417. The lowest BCUT2D eigenvalue weighted by molar-refractivity contribution is 0.174. The van der Waals surface area contributed by atoms with Crippen LogP contribution in [-0.2, 0) is 6.61 Å². The molecule has 1 aliphatic heterocycles. The molecule has 6 heteroatoms. The molecule has 0 fully saturated rings. The maximum Gasteiger partial charge on any atom is 0.231 e. The fourth-order valence-electron chi connectivity index (χ4n) is 1.86. The van der Waals surface area contributed by atoms with Gasteiger partial charge < -0.3 is 19.9 Å². The van der Waals surface area contributed by atoms with E-state index in [4.69, 9.17) is 19.9 Å². The number of fused-ring (bicyclic) bond motifs is 1. The van der Waals surface area contributed by atoms with Gasteiger partial charge in [0, 0.05) is 6.07 Å². The Morgan fingerprint density at radius 3 is 2.85 bits per heavy atom. The van der Waals surface area contributed by atoms with Gasteiger partial charge in [-0.2, -0.15) is 0 Å². The van der Waals surface area contributed by atoms with Gasteiger partial charge in [0.25, 0.3) is 0 Å². The molecule has 0 radical (unpaired) electrons. The van der Waals surface area contributed by atoms with Crippen LogP contribution >= 0.6 is 15.9 Å². The number of ether oxygens (including phenoxy) is 3. The number of nitrogens with two attached hydrogens (primary N) is 1. The van der Waals surface area contributed by atoms with Crippen molar-refractivity contribution in [1.82, 2.24) is 0 Å². The first kappa shape index (κ1) is 13.1. The highest BCUT2D eigenvalue weighted by Gasteiger charge is 2.14. The molecular weight excluding hydrogens is 329 g/mol. The number of rotatable bonds is 3. The molecule has 0 amide bonds. The van der Waals surface area contributed by atoms with Crippen LogP contribution in [0.4, 0.5) is 10.1 Å². The summed E-state index contributed by atoms with van der Waals surface area (Å²) in [4.78, 5) is 0. The Bertz CT molecular complexity index is 663. The van der Waals surface area contributed by atoms with Gasteiger partial charge in [0.05, 0.1) is 10.2 Å². The smallest absolute Gasteiger partial charge is 0.231 e. The average molecular weight is 340 g/mol. The third-order valence-electron chi connectivity index (χ3n) is 2.88. The zero-order valence-corrected chi connectivity index (χ0v) is 11.9. The summed E-state index contributed by atoms with van der Waals surface area (Å²) in [7, 11) is 0. The van der Waals surface area contributed by atoms with Gasteiger partial charge in [-0.3, -0.25) is 0 Å². The molecule has 4 nitrogen and oxygen atoms in total. The van der Waals surface area contributed by atoms with Crippen molar-refractivity contribution in [3.8, 4) is 17.2 Å². The summed E-state index contributed by atoms with van der Waals surface area (Å²) in [6.45, 7) is 0.492. The second-order valence-electron chi connectivity index (χ2n) is 4.28. The Kier molecular flexibility index (Phi) is 3.40. The predicted octanol–water partition coefficient (Wildman–Crippen LogP) is 3.48. The van der Waals surface area contributed by atoms with Gasteiger partial charge in [0.2, 0.25) is 6.79 Å². The van der Waals surface area contributed by atoms with E-state index < -0.39 is 5.82 Å². The van der Waals surface area contributed by atoms with E-state index in [0.29, 0.717) is 27.4 Å². The van der Waals surface area contributed by atoms with Crippen molar-refractivity contribution < 1.29 is 18.6 Å². The zero-order valence-electron chi connectivity index (χ0n) is 10.4. The molecule has 2 aromatic rings. The van der Waals surface area contributed by atoms with Gasteiger partial charge >= 0.3 is 0 Å².